The zero-order valence-electron chi connectivity index (χ0n) is 13.1. The molecule has 0 atom stereocenters. The predicted octanol–water partition coefficient (Wildman–Crippen LogP) is 2.76. The van der Waals surface area contributed by atoms with E-state index in [-0.39, 0.29) is 5.56 Å². The van der Waals surface area contributed by atoms with Crippen molar-refractivity contribution >= 4 is 17.8 Å². The highest BCUT2D eigenvalue weighted by Crippen LogP contribution is 2.08. The van der Waals surface area contributed by atoms with Gasteiger partial charge in [0.05, 0.1) is 0 Å². The van der Waals surface area contributed by atoms with Crippen LogP contribution in [0.3, 0.4) is 0 Å². The summed E-state index contributed by atoms with van der Waals surface area (Å²) in [5.74, 6) is 0. The first-order valence-corrected chi connectivity index (χ1v) is 7.68. The fraction of sp³-hybridized carbons (Fsp3) is 0.316. The molecular weight excluding hydrogens is 258 g/mol. The van der Waals surface area contributed by atoms with Crippen LogP contribution in [0.4, 0.5) is 0 Å². The minimum atomic E-state index is 0.0740. The van der Waals surface area contributed by atoms with Crippen LogP contribution in [-0.2, 0) is 6.42 Å². The van der Waals surface area contributed by atoms with E-state index in [1.165, 1.54) is 0 Å². The normalized spacial score (nSPS) is 14.5. The van der Waals surface area contributed by atoms with E-state index in [2.05, 4.69) is 38.1 Å². The largest absolute Gasteiger partial charge is 0.281 e. The minimum Gasteiger partial charge on any atom is -0.281 e. The Morgan fingerprint density at radius 1 is 1.38 bits per heavy atom. The minimum absolute atomic E-state index is 0.0740. The molecule has 1 heterocycles. The third-order valence-corrected chi connectivity index (χ3v) is 3.60. The summed E-state index contributed by atoms with van der Waals surface area (Å²) in [7, 11) is 0. The van der Waals surface area contributed by atoms with Gasteiger partial charge in [-0.25, -0.2) is 0 Å². The molecule has 2 heteroatoms. The topological polar surface area (TPSA) is 22.0 Å². The molecule has 0 saturated carbocycles. The second-order valence-electron chi connectivity index (χ2n) is 5.07. The molecule has 0 radical (unpaired) electrons. The molecule has 2 rings (SSSR count). The molecule has 0 aliphatic heterocycles. The summed E-state index contributed by atoms with van der Waals surface area (Å²) in [6.45, 7) is 6.16. The van der Waals surface area contributed by atoms with Crippen molar-refractivity contribution in [3.05, 3.63) is 62.9 Å². The first-order valence-electron chi connectivity index (χ1n) is 7.68. The second-order valence-corrected chi connectivity index (χ2v) is 5.07. The van der Waals surface area contributed by atoms with Gasteiger partial charge in [-0.2, -0.15) is 0 Å². The number of pyridine rings is 1. The molecule has 0 saturated heterocycles. The average molecular weight is 281 g/mol. The van der Waals surface area contributed by atoms with E-state index in [0.29, 0.717) is 0 Å². The van der Waals surface area contributed by atoms with Crippen LogP contribution in [0.25, 0.3) is 17.8 Å². The van der Waals surface area contributed by atoms with Crippen LogP contribution in [0, 0.1) is 0 Å². The first kappa shape index (κ1) is 15.3. The number of rotatable bonds is 4. The van der Waals surface area contributed by atoms with Gasteiger partial charge in [-0.3, -0.25) is 9.36 Å². The maximum atomic E-state index is 12.9. The van der Waals surface area contributed by atoms with Gasteiger partial charge in [-0.1, -0.05) is 44.2 Å². The predicted molar refractivity (Wildman–Crippen MR) is 91.4 cm³/mol. The molecule has 0 N–H and O–H groups in total. The van der Waals surface area contributed by atoms with Crippen LogP contribution in [0.5, 0.6) is 0 Å². The zero-order valence-corrected chi connectivity index (χ0v) is 13.1. The number of aromatic nitrogens is 1. The van der Waals surface area contributed by atoms with Crippen molar-refractivity contribution in [3.63, 3.8) is 0 Å². The van der Waals surface area contributed by atoms with E-state index in [4.69, 9.17) is 0 Å². The Kier molecular flexibility index (Phi) is 5.15. The number of allylic oxidation sites excluding steroid dienone is 6. The van der Waals surface area contributed by atoms with Crippen LogP contribution in [0.1, 0.15) is 39.3 Å². The molecule has 110 valence electrons. The molecule has 1 aliphatic carbocycles. The molecular formula is C19H23NO. The molecule has 0 bridgehead atoms. The standard InChI is InChI=1S/C19H23NO/c1-4-10-17(11-5-2)20-16(6-3)14-15-12-8-7-9-13-18(15)19(20)21/h4,7,9-14H,5-6,8H2,1-3H3/b10-4-,17-11+. The summed E-state index contributed by atoms with van der Waals surface area (Å²) in [5, 5.41) is 1.84. The van der Waals surface area contributed by atoms with Crippen LogP contribution in [0.2, 0.25) is 0 Å². The third-order valence-electron chi connectivity index (χ3n) is 3.60. The van der Waals surface area contributed by atoms with Crippen LogP contribution in [-0.4, -0.2) is 4.57 Å². The number of aryl methyl sites for hydroxylation is 1. The van der Waals surface area contributed by atoms with Gasteiger partial charge in [0, 0.05) is 16.6 Å². The lowest BCUT2D eigenvalue weighted by atomic mass is 10.1. The second kappa shape index (κ2) is 7.07. The summed E-state index contributed by atoms with van der Waals surface area (Å²) in [6.07, 6.45) is 16.8. The summed E-state index contributed by atoms with van der Waals surface area (Å²) >= 11 is 0. The van der Waals surface area contributed by atoms with Gasteiger partial charge in [0.2, 0.25) is 0 Å². The highest BCUT2D eigenvalue weighted by atomic mass is 16.1. The lowest BCUT2D eigenvalue weighted by molar-refractivity contribution is 0.880. The molecule has 1 aliphatic rings. The Bertz CT molecular complexity index is 773. The molecule has 2 nitrogen and oxygen atoms in total. The van der Waals surface area contributed by atoms with Crippen LogP contribution >= 0.6 is 0 Å². The number of hydrogen-bond donors (Lipinski definition) is 0. The maximum absolute atomic E-state index is 12.9. The third kappa shape index (κ3) is 3.15. The van der Waals surface area contributed by atoms with Crippen molar-refractivity contribution in [1.29, 1.82) is 0 Å². The van der Waals surface area contributed by atoms with E-state index in [1.54, 1.807) is 0 Å². The van der Waals surface area contributed by atoms with Gasteiger partial charge >= 0.3 is 0 Å². The Balaban J connectivity index is 2.87. The Morgan fingerprint density at radius 3 is 2.86 bits per heavy atom. The van der Waals surface area contributed by atoms with Gasteiger partial charge in [0.1, 0.15) is 0 Å². The molecule has 0 amide bonds. The summed E-state index contributed by atoms with van der Waals surface area (Å²) in [4.78, 5) is 12.9. The van der Waals surface area contributed by atoms with E-state index in [9.17, 15) is 4.79 Å². The van der Waals surface area contributed by atoms with Gasteiger partial charge in [0.15, 0.2) is 0 Å². The average Bonchev–Trinajstić information content (AvgIpc) is 2.72. The Labute approximate surface area is 126 Å². The van der Waals surface area contributed by atoms with Gasteiger partial charge in [0.25, 0.3) is 5.56 Å². The van der Waals surface area contributed by atoms with Gasteiger partial charge < -0.3 is 0 Å². The van der Waals surface area contributed by atoms with E-state index >= 15 is 0 Å². The van der Waals surface area contributed by atoms with E-state index in [1.807, 2.05) is 35.8 Å². The van der Waals surface area contributed by atoms with Crippen molar-refractivity contribution in [3.8, 4) is 0 Å². The fourth-order valence-electron chi connectivity index (χ4n) is 2.63. The van der Waals surface area contributed by atoms with E-state index < -0.39 is 0 Å². The Hall–Kier alpha value is -2.09. The van der Waals surface area contributed by atoms with Gasteiger partial charge in [-0.15, -0.1) is 0 Å². The summed E-state index contributed by atoms with van der Waals surface area (Å²) < 4.78 is 1.85. The highest BCUT2D eigenvalue weighted by molar-refractivity contribution is 5.58. The quantitative estimate of drug-likeness (QED) is 0.778. The molecule has 1 aromatic heterocycles. The highest BCUT2D eigenvalue weighted by Gasteiger charge is 2.08. The molecule has 0 spiro atoms. The number of nitrogens with zero attached hydrogens (tertiary/aromatic N) is 1. The smallest absolute Gasteiger partial charge is 0.263 e. The number of fused-ring (bicyclic) bond motifs is 1. The molecule has 21 heavy (non-hydrogen) atoms. The zero-order chi connectivity index (χ0) is 15.2. The van der Waals surface area contributed by atoms with Crippen molar-refractivity contribution in [2.45, 2.75) is 40.0 Å². The maximum Gasteiger partial charge on any atom is 0.263 e. The number of hydrogen-bond acceptors (Lipinski definition) is 1. The lowest BCUT2D eigenvalue weighted by Crippen LogP contribution is -2.45. The van der Waals surface area contributed by atoms with Gasteiger partial charge in [-0.05, 0) is 49.6 Å². The van der Waals surface area contributed by atoms with Crippen LogP contribution < -0.4 is 16.0 Å². The van der Waals surface area contributed by atoms with Crippen LogP contribution in [0.15, 0.2) is 41.2 Å². The van der Waals surface area contributed by atoms with E-state index in [0.717, 1.165) is 41.1 Å². The first-order chi connectivity index (χ1) is 10.2. The molecule has 0 aromatic carbocycles. The fourth-order valence-corrected chi connectivity index (χ4v) is 2.63. The molecule has 1 aromatic rings. The monoisotopic (exact) mass is 281 g/mol. The Morgan fingerprint density at radius 2 is 2.19 bits per heavy atom. The summed E-state index contributed by atoms with van der Waals surface area (Å²) in [5.41, 5.74) is 2.10. The van der Waals surface area contributed by atoms with Crippen molar-refractivity contribution < 1.29 is 0 Å². The van der Waals surface area contributed by atoms with Crippen molar-refractivity contribution in [2.24, 2.45) is 0 Å². The van der Waals surface area contributed by atoms with Crippen molar-refractivity contribution in [2.75, 3.05) is 0 Å². The molecule has 0 unspecified atom stereocenters. The lowest BCUT2D eigenvalue weighted by Gasteiger charge is -2.13. The molecule has 0 fully saturated rings. The SMILES string of the molecule is C/C=C\C(=C/CC)n1c(CC)cc2c(c1=O)=CC=CCC=2. The summed E-state index contributed by atoms with van der Waals surface area (Å²) in [6, 6.07) is 2.15. The van der Waals surface area contributed by atoms with Crippen molar-refractivity contribution in [1.82, 2.24) is 4.57 Å².